The van der Waals surface area contributed by atoms with Crippen molar-refractivity contribution in [3.63, 3.8) is 0 Å². The van der Waals surface area contributed by atoms with Crippen LogP contribution in [-0.4, -0.2) is 55.5 Å². The minimum atomic E-state index is -1.21. The number of hydrogen-bond donors (Lipinski definition) is 3. The molecule has 1 aliphatic carbocycles. The second kappa shape index (κ2) is 11.7. The minimum Gasteiger partial charge on any atom is -0.480 e. The normalized spacial score (nSPS) is 14.9. The Kier molecular flexibility index (Phi) is 8.65. The Bertz CT molecular complexity index is 978. The van der Waals surface area contributed by atoms with E-state index in [0.29, 0.717) is 6.42 Å². The molecule has 0 spiro atoms. The third kappa shape index (κ3) is 5.94. The Balaban J connectivity index is 1.68. The standard InChI is InChI=1S/C26H32N2O6/c1-4-16(2)13-22(24(29)27-23(15-33-3)25(30)31)28-26(32)34-14-21-19-11-7-5-9-17(19)18-10-6-8-12-20(18)21/h5-12,16,21-23H,4,13-15H2,1-3H3,(H,27,29)(H,28,32)(H,30,31)/t16?,22?,23-/m0/s1. The van der Waals surface area contributed by atoms with Gasteiger partial charge in [-0.1, -0.05) is 68.8 Å². The van der Waals surface area contributed by atoms with Crippen molar-refractivity contribution in [3.05, 3.63) is 59.7 Å². The summed E-state index contributed by atoms with van der Waals surface area (Å²) in [4.78, 5) is 36.9. The number of hydrogen-bond acceptors (Lipinski definition) is 5. The molecule has 2 amide bonds. The van der Waals surface area contributed by atoms with Gasteiger partial charge in [-0.3, -0.25) is 4.79 Å². The van der Waals surface area contributed by atoms with Gasteiger partial charge in [0.2, 0.25) is 5.91 Å². The molecule has 182 valence electrons. The van der Waals surface area contributed by atoms with E-state index >= 15 is 0 Å². The molecule has 3 rings (SSSR count). The number of carbonyl (C=O) groups is 3. The van der Waals surface area contributed by atoms with Gasteiger partial charge in [0.1, 0.15) is 12.6 Å². The molecule has 0 saturated carbocycles. The molecule has 0 aliphatic heterocycles. The van der Waals surface area contributed by atoms with Gasteiger partial charge in [0.05, 0.1) is 6.61 Å². The van der Waals surface area contributed by atoms with Crippen molar-refractivity contribution in [3.8, 4) is 11.1 Å². The van der Waals surface area contributed by atoms with E-state index in [-0.39, 0.29) is 25.0 Å². The molecule has 2 aromatic rings. The summed E-state index contributed by atoms with van der Waals surface area (Å²) in [7, 11) is 1.35. The number of fused-ring (bicyclic) bond motifs is 3. The van der Waals surface area contributed by atoms with Crippen LogP contribution in [0, 0.1) is 5.92 Å². The minimum absolute atomic E-state index is 0.0990. The molecule has 8 nitrogen and oxygen atoms in total. The first-order valence-electron chi connectivity index (χ1n) is 11.5. The monoisotopic (exact) mass is 468 g/mol. The van der Waals surface area contributed by atoms with Gasteiger partial charge in [-0.15, -0.1) is 0 Å². The highest BCUT2D eigenvalue weighted by atomic mass is 16.5. The van der Waals surface area contributed by atoms with E-state index in [9.17, 15) is 19.5 Å². The van der Waals surface area contributed by atoms with Crippen molar-refractivity contribution in [1.82, 2.24) is 10.6 Å². The first kappa shape index (κ1) is 25.2. The molecule has 0 bridgehead atoms. The molecule has 2 unspecified atom stereocenters. The van der Waals surface area contributed by atoms with Gasteiger partial charge in [0.15, 0.2) is 6.04 Å². The fourth-order valence-electron chi connectivity index (χ4n) is 4.20. The van der Waals surface area contributed by atoms with E-state index < -0.39 is 30.1 Å². The summed E-state index contributed by atoms with van der Waals surface area (Å²) >= 11 is 0. The average molecular weight is 469 g/mol. The molecule has 0 aromatic heterocycles. The number of alkyl carbamates (subject to hydrolysis) is 1. The van der Waals surface area contributed by atoms with Crippen LogP contribution < -0.4 is 10.6 Å². The van der Waals surface area contributed by atoms with Gasteiger partial charge in [0, 0.05) is 13.0 Å². The summed E-state index contributed by atoms with van der Waals surface area (Å²) in [5.74, 6) is -1.76. The second-order valence-corrected chi connectivity index (χ2v) is 8.63. The smallest absolute Gasteiger partial charge is 0.407 e. The number of carboxylic acid groups (broad SMARTS) is 1. The molecule has 0 heterocycles. The highest BCUT2D eigenvalue weighted by molar-refractivity contribution is 5.89. The lowest BCUT2D eigenvalue weighted by molar-refractivity contribution is -0.143. The summed E-state index contributed by atoms with van der Waals surface area (Å²) in [6, 6.07) is 13.9. The quantitative estimate of drug-likeness (QED) is 0.465. The van der Waals surface area contributed by atoms with Crippen LogP contribution in [0.2, 0.25) is 0 Å². The van der Waals surface area contributed by atoms with Gasteiger partial charge in [-0.2, -0.15) is 0 Å². The number of rotatable bonds is 11. The fraction of sp³-hybridized carbons (Fsp3) is 0.423. The van der Waals surface area contributed by atoms with E-state index in [4.69, 9.17) is 9.47 Å². The molecule has 0 saturated heterocycles. The van der Waals surface area contributed by atoms with Gasteiger partial charge in [-0.05, 0) is 34.6 Å². The topological polar surface area (TPSA) is 114 Å². The lowest BCUT2D eigenvalue weighted by atomic mass is 9.98. The van der Waals surface area contributed by atoms with Crippen LogP contribution in [0.1, 0.15) is 43.7 Å². The molecule has 0 fully saturated rings. The summed E-state index contributed by atoms with van der Waals surface area (Å²) in [5, 5.41) is 14.4. The molecular formula is C26H32N2O6. The van der Waals surface area contributed by atoms with Crippen LogP contribution in [0.15, 0.2) is 48.5 Å². The van der Waals surface area contributed by atoms with E-state index in [1.165, 1.54) is 7.11 Å². The fourth-order valence-corrected chi connectivity index (χ4v) is 4.20. The van der Waals surface area contributed by atoms with Crippen molar-refractivity contribution in [1.29, 1.82) is 0 Å². The Morgan fingerprint density at radius 2 is 1.56 bits per heavy atom. The zero-order valence-electron chi connectivity index (χ0n) is 19.7. The maximum Gasteiger partial charge on any atom is 0.407 e. The van der Waals surface area contributed by atoms with E-state index in [0.717, 1.165) is 28.7 Å². The van der Waals surface area contributed by atoms with Crippen molar-refractivity contribution < 1.29 is 29.0 Å². The van der Waals surface area contributed by atoms with Crippen LogP contribution in [0.4, 0.5) is 4.79 Å². The molecule has 34 heavy (non-hydrogen) atoms. The van der Waals surface area contributed by atoms with Gasteiger partial charge in [-0.25, -0.2) is 9.59 Å². The number of ether oxygens (including phenoxy) is 2. The molecular weight excluding hydrogens is 436 g/mol. The van der Waals surface area contributed by atoms with Crippen molar-refractivity contribution in [2.75, 3.05) is 20.3 Å². The zero-order valence-corrected chi connectivity index (χ0v) is 19.7. The lowest BCUT2D eigenvalue weighted by Crippen LogP contribution is -2.53. The van der Waals surface area contributed by atoms with Gasteiger partial charge in [0.25, 0.3) is 0 Å². The Morgan fingerprint density at radius 3 is 2.09 bits per heavy atom. The summed E-state index contributed by atoms with van der Waals surface area (Å²) in [6.07, 6.45) is 0.437. The van der Waals surface area contributed by atoms with Crippen LogP contribution >= 0.6 is 0 Å². The predicted octanol–water partition coefficient (Wildman–Crippen LogP) is 3.55. The number of methoxy groups -OCH3 is 1. The number of nitrogens with one attached hydrogen (secondary N) is 2. The molecule has 3 N–H and O–H groups in total. The van der Waals surface area contributed by atoms with Crippen molar-refractivity contribution in [2.24, 2.45) is 5.92 Å². The summed E-state index contributed by atoms with van der Waals surface area (Å²) in [6.45, 7) is 3.89. The first-order valence-corrected chi connectivity index (χ1v) is 11.5. The highest BCUT2D eigenvalue weighted by Gasteiger charge is 2.31. The van der Waals surface area contributed by atoms with Crippen LogP contribution in [-0.2, 0) is 19.1 Å². The Hall–Kier alpha value is -3.39. The Morgan fingerprint density at radius 1 is 0.971 bits per heavy atom. The summed E-state index contributed by atoms with van der Waals surface area (Å²) < 4.78 is 10.4. The molecule has 0 radical (unpaired) electrons. The molecule has 8 heteroatoms. The van der Waals surface area contributed by atoms with Gasteiger partial charge >= 0.3 is 12.1 Å². The highest BCUT2D eigenvalue weighted by Crippen LogP contribution is 2.44. The molecule has 2 aromatic carbocycles. The lowest BCUT2D eigenvalue weighted by Gasteiger charge is -2.23. The molecule has 1 aliphatic rings. The van der Waals surface area contributed by atoms with Crippen molar-refractivity contribution >= 4 is 18.0 Å². The van der Waals surface area contributed by atoms with E-state index in [1.54, 1.807) is 0 Å². The van der Waals surface area contributed by atoms with Crippen LogP contribution in [0.5, 0.6) is 0 Å². The summed E-state index contributed by atoms with van der Waals surface area (Å²) in [5.41, 5.74) is 4.43. The van der Waals surface area contributed by atoms with Crippen molar-refractivity contribution in [2.45, 2.75) is 44.7 Å². The number of benzene rings is 2. The largest absolute Gasteiger partial charge is 0.480 e. The maximum absolute atomic E-state index is 12.8. The maximum atomic E-state index is 12.8. The SMILES string of the molecule is CCC(C)CC(NC(=O)OCC1c2ccccc2-c2ccccc21)C(=O)N[C@@H](COC)C(=O)O. The number of aliphatic carboxylic acids is 1. The number of carboxylic acids is 1. The van der Waals surface area contributed by atoms with E-state index in [2.05, 4.69) is 22.8 Å². The Labute approximate surface area is 199 Å². The van der Waals surface area contributed by atoms with Gasteiger partial charge < -0.3 is 25.2 Å². The van der Waals surface area contributed by atoms with E-state index in [1.807, 2.05) is 50.2 Å². The first-order chi connectivity index (χ1) is 16.3. The molecule has 3 atom stereocenters. The van der Waals surface area contributed by atoms with Crippen LogP contribution in [0.25, 0.3) is 11.1 Å². The predicted molar refractivity (Wildman–Crippen MR) is 128 cm³/mol. The number of carbonyl (C=O) groups excluding carboxylic acids is 2. The third-order valence-corrected chi connectivity index (χ3v) is 6.24. The van der Waals surface area contributed by atoms with Crippen LogP contribution in [0.3, 0.4) is 0 Å². The third-order valence-electron chi connectivity index (χ3n) is 6.24. The second-order valence-electron chi connectivity index (χ2n) is 8.63. The average Bonchev–Trinajstić information content (AvgIpc) is 3.15. The number of amides is 2. The zero-order chi connectivity index (χ0) is 24.7.